The van der Waals surface area contributed by atoms with E-state index in [2.05, 4.69) is 27.5 Å². The second-order valence-electron chi connectivity index (χ2n) is 8.12. The molecule has 10 heteroatoms. The van der Waals surface area contributed by atoms with Gasteiger partial charge in [-0.1, -0.05) is 20.3 Å². The predicted molar refractivity (Wildman–Crippen MR) is 127 cm³/mol. The van der Waals surface area contributed by atoms with Crippen LogP contribution in [0.5, 0.6) is 0 Å². The highest BCUT2D eigenvalue weighted by Crippen LogP contribution is 2.40. The van der Waals surface area contributed by atoms with Crippen molar-refractivity contribution in [1.82, 2.24) is 20.0 Å². The second-order valence-corrected chi connectivity index (χ2v) is 10.9. The second kappa shape index (κ2) is 9.41. The minimum absolute atomic E-state index is 0.0171. The molecule has 0 spiro atoms. The fourth-order valence-corrected chi connectivity index (χ4v) is 6.10. The summed E-state index contributed by atoms with van der Waals surface area (Å²) in [7, 11) is -3.94. The third-order valence-corrected chi connectivity index (χ3v) is 8.07. The van der Waals surface area contributed by atoms with E-state index in [4.69, 9.17) is 0 Å². The van der Waals surface area contributed by atoms with Gasteiger partial charge in [-0.3, -0.25) is 0 Å². The summed E-state index contributed by atoms with van der Waals surface area (Å²) in [6.45, 7) is 4.70. The SMILES string of the molecule is CCCCNC(=O)NS(=O)(=O)c1ccc(Nc2ncnc3sc4c(c23)CCC(C)C4)cc1. The molecular formula is C22H27N5O3S2. The molecule has 3 N–H and O–H groups in total. The minimum atomic E-state index is -3.94. The Morgan fingerprint density at radius 1 is 1.22 bits per heavy atom. The van der Waals surface area contributed by atoms with Crippen molar-refractivity contribution >= 4 is 49.1 Å². The van der Waals surface area contributed by atoms with Gasteiger partial charge in [0.05, 0.1) is 10.3 Å². The topological polar surface area (TPSA) is 113 Å². The van der Waals surface area contributed by atoms with Crippen LogP contribution in [0.25, 0.3) is 10.2 Å². The lowest BCUT2D eigenvalue weighted by molar-refractivity contribution is 0.245. The van der Waals surface area contributed by atoms with Gasteiger partial charge in [-0.2, -0.15) is 0 Å². The van der Waals surface area contributed by atoms with Crippen LogP contribution in [0.15, 0.2) is 35.5 Å². The molecule has 1 aromatic carbocycles. The van der Waals surface area contributed by atoms with Crippen LogP contribution in [0, 0.1) is 5.92 Å². The third-order valence-electron chi connectivity index (χ3n) is 5.56. The maximum atomic E-state index is 12.5. The van der Waals surface area contributed by atoms with E-state index in [0.717, 1.165) is 48.1 Å². The average Bonchev–Trinajstić information content (AvgIpc) is 3.12. The van der Waals surface area contributed by atoms with Gasteiger partial charge in [0.2, 0.25) is 0 Å². The Labute approximate surface area is 191 Å². The molecule has 8 nitrogen and oxygen atoms in total. The third kappa shape index (κ3) is 4.86. The number of carbonyl (C=O) groups excluding carboxylic acids is 1. The number of urea groups is 1. The molecule has 3 aromatic rings. The van der Waals surface area contributed by atoms with Crippen LogP contribution in [0.1, 0.15) is 43.6 Å². The van der Waals surface area contributed by atoms with Crippen molar-refractivity contribution in [3.8, 4) is 0 Å². The monoisotopic (exact) mass is 473 g/mol. The summed E-state index contributed by atoms with van der Waals surface area (Å²) < 4.78 is 27.0. The van der Waals surface area contributed by atoms with Crippen LogP contribution < -0.4 is 15.4 Å². The number of hydrogen-bond donors (Lipinski definition) is 3. The maximum absolute atomic E-state index is 12.5. The first-order valence-electron chi connectivity index (χ1n) is 10.8. The van der Waals surface area contributed by atoms with Crippen LogP contribution in [-0.4, -0.2) is 31.0 Å². The van der Waals surface area contributed by atoms with Gasteiger partial charge in [0.1, 0.15) is 17.0 Å². The molecule has 1 atom stereocenters. The Hall–Kier alpha value is -2.72. The lowest BCUT2D eigenvalue weighted by Crippen LogP contribution is -2.39. The van der Waals surface area contributed by atoms with Crippen molar-refractivity contribution in [2.75, 3.05) is 11.9 Å². The molecule has 32 heavy (non-hydrogen) atoms. The number of hydrogen-bond acceptors (Lipinski definition) is 7. The summed E-state index contributed by atoms with van der Waals surface area (Å²) >= 11 is 1.73. The number of sulfonamides is 1. The number of rotatable bonds is 7. The van der Waals surface area contributed by atoms with Gasteiger partial charge in [0.25, 0.3) is 10.0 Å². The van der Waals surface area contributed by atoms with Gasteiger partial charge in [-0.05, 0) is 61.4 Å². The van der Waals surface area contributed by atoms with Crippen LogP contribution in [0.3, 0.4) is 0 Å². The van der Waals surface area contributed by atoms with E-state index in [9.17, 15) is 13.2 Å². The van der Waals surface area contributed by atoms with Gasteiger partial charge >= 0.3 is 6.03 Å². The van der Waals surface area contributed by atoms with Gasteiger partial charge in [-0.15, -0.1) is 11.3 Å². The molecule has 2 heterocycles. The van der Waals surface area contributed by atoms with E-state index < -0.39 is 16.1 Å². The smallest absolute Gasteiger partial charge is 0.328 e. The largest absolute Gasteiger partial charge is 0.340 e. The Kier molecular flexibility index (Phi) is 6.61. The Bertz CT molecular complexity index is 1220. The van der Waals surface area contributed by atoms with Gasteiger partial charge in [0, 0.05) is 17.1 Å². The zero-order valence-electron chi connectivity index (χ0n) is 18.1. The summed E-state index contributed by atoms with van der Waals surface area (Å²) in [4.78, 5) is 23.1. The number of thiophene rings is 1. The maximum Gasteiger partial charge on any atom is 0.328 e. The number of anilines is 2. The number of fused-ring (bicyclic) bond motifs is 3. The highest BCUT2D eigenvalue weighted by Gasteiger charge is 2.23. The van der Waals surface area contributed by atoms with Crippen LogP contribution in [0.4, 0.5) is 16.3 Å². The van der Waals surface area contributed by atoms with Crippen LogP contribution in [-0.2, 0) is 22.9 Å². The Morgan fingerprint density at radius 3 is 2.75 bits per heavy atom. The number of unbranched alkanes of at least 4 members (excludes halogenated alkanes) is 1. The molecule has 2 amide bonds. The molecule has 0 fully saturated rings. The van der Waals surface area contributed by atoms with Crippen molar-refractivity contribution in [3.05, 3.63) is 41.0 Å². The molecule has 0 bridgehead atoms. The summed E-state index contributed by atoms with van der Waals surface area (Å²) in [5.74, 6) is 1.41. The first kappa shape index (κ1) is 22.5. The summed E-state index contributed by atoms with van der Waals surface area (Å²) in [6.07, 6.45) is 6.49. The first-order chi connectivity index (χ1) is 15.4. The molecule has 2 aromatic heterocycles. The molecular weight excluding hydrogens is 446 g/mol. The standard InChI is InChI=1S/C22H27N5O3S2/c1-3-4-11-23-22(28)27-32(29,30)16-8-6-15(7-9-16)26-20-19-17-10-5-14(2)12-18(17)31-21(19)25-13-24-20/h6-9,13-14H,3-5,10-12H2,1-2H3,(H2,23,27,28)(H,24,25,26). The van der Waals surface area contributed by atoms with Crippen molar-refractivity contribution in [2.45, 2.75) is 50.8 Å². The van der Waals surface area contributed by atoms with Crippen molar-refractivity contribution in [3.63, 3.8) is 0 Å². The van der Waals surface area contributed by atoms with E-state index in [-0.39, 0.29) is 4.90 Å². The molecule has 0 radical (unpaired) electrons. The zero-order chi connectivity index (χ0) is 22.7. The average molecular weight is 474 g/mol. The predicted octanol–water partition coefficient (Wildman–Crippen LogP) is 4.35. The quantitative estimate of drug-likeness (QED) is 0.440. The van der Waals surface area contributed by atoms with E-state index in [1.54, 1.807) is 29.8 Å². The number of aryl methyl sites for hydroxylation is 1. The number of amides is 2. The fraction of sp³-hybridized carbons (Fsp3) is 0.409. The van der Waals surface area contributed by atoms with E-state index in [1.807, 2.05) is 11.6 Å². The molecule has 0 aliphatic heterocycles. The Balaban J connectivity index is 1.51. The molecule has 0 saturated heterocycles. The number of benzene rings is 1. The van der Waals surface area contributed by atoms with Crippen molar-refractivity contribution in [1.29, 1.82) is 0 Å². The zero-order valence-corrected chi connectivity index (χ0v) is 19.8. The van der Waals surface area contributed by atoms with Crippen molar-refractivity contribution in [2.24, 2.45) is 5.92 Å². The lowest BCUT2D eigenvalue weighted by atomic mass is 9.89. The number of nitrogens with one attached hydrogen (secondary N) is 3. The molecule has 1 aliphatic rings. The summed E-state index contributed by atoms with van der Waals surface area (Å²) in [6, 6.07) is 5.54. The van der Waals surface area contributed by atoms with E-state index >= 15 is 0 Å². The van der Waals surface area contributed by atoms with Gasteiger partial charge in [0.15, 0.2) is 0 Å². The highest BCUT2D eigenvalue weighted by atomic mass is 32.2. The molecule has 0 saturated carbocycles. The molecule has 1 aliphatic carbocycles. The summed E-state index contributed by atoms with van der Waals surface area (Å²) in [5.41, 5.74) is 2.03. The van der Waals surface area contributed by atoms with E-state index in [1.165, 1.54) is 22.6 Å². The van der Waals surface area contributed by atoms with E-state index in [0.29, 0.717) is 18.2 Å². The van der Waals surface area contributed by atoms with Crippen LogP contribution in [0.2, 0.25) is 0 Å². The minimum Gasteiger partial charge on any atom is -0.340 e. The highest BCUT2D eigenvalue weighted by molar-refractivity contribution is 7.90. The van der Waals surface area contributed by atoms with Gasteiger partial charge in [-0.25, -0.2) is 27.9 Å². The molecule has 4 rings (SSSR count). The Morgan fingerprint density at radius 2 is 2.00 bits per heavy atom. The summed E-state index contributed by atoms with van der Waals surface area (Å²) in [5, 5.41) is 6.91. The first-order valence-corrected chi connectivity index (χ1v) is 13.1. The number of nitrogens with zero attached hydrogens (tertiary/aromatic N) is 2. The van der Waals surface area contributed by atoms with Crippen molar-refractivity contribution < 1.29 is 13.2 Å². The molecule has 1 unspecified atom stereocenters. The van der Waals surface area contributed by atoms with Gasteiger partial charge < -0.3 is 10.6 Å². The normalized spacial score (nSPS) is 15.9. The number of aromatic nitrogens is 2. The lowest BCUT2D eigenvalue weighted by Gasteiger charge is -2.18. The fourth-order valence-electron chi connectivity index (χ4n) is 3.82. The van der Waals surface area contributed by atoms with Crippen LogP contribution >= 0.6 is 11.3 Å². The molecule has 170 valence electrons. The number of carbonyl (C=O) groups is 1.